The van der Waals surface area contributed by atoms with Crippen LogP contribution in [0.4, 0.5) is 10.1 Å². The van der Waals surface area contributed by atoms with Crippen molar-refractivity contribution in [1.29, 1.82) is 0 Å². The largest absolute Gasteiger partial charge is 0.486 e. The van der Waals surface area contributed by atoms with Gasteiger partial charge in [0.05, 0.1) is 0 Å². The van der Waals surface area contributed by atoms with Crippen LogP contribution >= 0.6 is 0 Å². The lowest BCUT2D eigenvalue weighted by atomic mass is 10.0. The van der Waals surface area contributed by atoms with E-state index in [0.717, 1.165) is 67.6 Å². The lowest BCUT2D eigenvalue weighted by molar-refractivity contribution is 0.159. The Kier molecular flexibility index (Phi) is 7.09. The summed E-state index contributed by atoms with van der Waals surface area (Å²) in [6, 6.07) is 21.3. The summed E-state index contributed by atoms with van der Waals surface area (Å²) in [4.78, 5) is 4.79. The minimum atomic E-state index is -0.194. The van der Waals surface area contributed by atoms with E-state index < -0.39 is 0 Å². The van der Waals surface area contributed by atoms with Crippen molar-refractivity contribution in [2.24, 2.45) is 0 Å². The monoisotopic (exact) mass is 476 g/mol. The number of ether oxygens (including phenoxy) is 3. The number of halogens is 1. The molecule has 2 heterocycles. The molecule has 5 nitrogen and oxygen atoms in total. The van der Waals surface area contributed by atoms with Gasteiger partial charge in [-0.1, -0.05) is 32.0 Å². The molecular formula is C29H33FN2O3. The molecule has 0 spiro atoms. The topological polar surface area (TPSA) is 34.2 Å². The third-order valence-corrected chi connectivity index (χ3v) is 6.87. The minimum Gasteiger partial charge on any atom is -0.486 e. The van der Waals surface area contributed by atoms with Crippen LogP contribution in [0.5, 0.6) is 17.2 Å². The summed E-state index contributed by atoms with van der Waals surface area (Å²) in [5.74, 6) is 2.73. The highest BCUT2D eigenvalue weighted by molar-refractivity contribution is 5.47. The van der Waals surface area contributed by atoms with Gasteiger partial charge in [-0.25, -0.2) is 4.39 Å². The Morgan fingerprint density at radius 1 is 0.829 bits per heavy atom. The number of rotatable bonds is 8. The highest BCUT2D eigenvalue weighted by Gasteiger charge is 2.22. The van der Waals surface area contributed by atoms with Gasteiger partial charge in [0.15, 0.2) is 11.5 Å². The van der Waals surface area contributed by atoms with E-state index in [-0.39, 0.29) is 18.7 Å². The molecule has 5 rings (SSSR count). The van der Waals surface area contributed by atoms with Crippen molar-refractivity contribution in [3.05, 3.63) is 83.7 Å². The normalized spacial score (nSPS) is 16.5. The fraction of sp³-hybridized carbons (Fsp3) is 0.379. The van der Waals surface area contributed by atoms with Crippen LogP contribution < -0.4 is 19.1 Å². The van der Waals surface area contributed by atoms with Crippen molar-refractivity contribution < 1.29 is 18.6 Å². The van der Waals surface area contributed by atoms with Gasteiger partial charge >= 0.3 is 0 Å². The number of hydrogen-bond donors (Lipinski definition) is 0. The predicted molar refractivity (Wildman–Crippen MR) is 136 cm³/mol. The lowest BCUT2D eigenvalue weighted by Crippen LogP contribution is -2.46. The van der Waals surface area contributed by atoms with Crippen LogP contribution in [0.2, 0.25) is 0 Å². The zero-order valence-corrected chi connectivity index (χ0v) is 20.5. The fourth-order valence-electron chi connectivity index (χ4n) is 4.68. The summed E-state index contributed by atoms with van der Waals surface area (Å²) in [5, 5.41) is 0. The molecule has 3 aromatic carbocycles. The standard InChI is InChI=1S/C29H33FN2O3/c1-21(2)22-3-10-26(11-4-22)35-27(23-5-12-28-29(19-23)34-20-33-28)13-14-31-15-17-32(18-16-31)25-8-6-24(30)7-9-25/h3-12,19,21,27H,13-18,20H2,1-2H3. The van der Waals surface area contributed by atoms with Crippen molar-refractivity contribution in [3.8, 4) is 17.2 Å². The number of fused-ring (bicyclic) bond motifs is 1. The van der Waals surface area contributed by atoms with Gasteiger partial charge in [-0.05, 0) is 65.6 Å². The van der Waals surface area contributed by atoms with Crippen LogP contribution in [0.1, 0.15) is 43.4 Å². The second-order valence-corrected chi connectivity index (χ2v) is 9.54. The van der Waals surface area contributed by atoms with Crippen molar-refractivity contribution >= 4 is 5.69 Å². The van der Waals surface area contributed by atoms with E-state index in [9.17, 15) is 4.39 Å². The average molecular weight is 477 g/mol. The maximum atomic E-state index is 13.3. The smallest absolute Gasteiger partial charge is 0.231 e. The molecule has 3 aromatic rings. The molecule has 1 atom stereocenters. The zero-order chi connectivity index (χ0) is 24.2. The molecule has 1 saturated heterocycles. The van der Waals surface area contributed by atoms with E-state index in [2.05, 4.69) is 54.0 Å². The van der Waals surface area contributed by atoms with Crippen LogP contribution in [0, 0.1) is 5.82 Å². The predicted octanol–water partition coefficient (Wildman–Crippen LogP) is 6.01. The van der Waals surface area contributed by atoms with Gasteiger partial charge in [0.25, 0.3) is 0 Å². The van der Waals surface area contributed by atoms with Crippen molar-refractivity contribution in [2.45, 2.75) is 32.3 Å². The molecule has 6 heteroatoms. The van der Waals surface area contributed by atoms with Crippen LogP contribution in [-0.4, -0.2) is 44.4 Å². The maximum absolute atomic E-state index is 13.3. The number of benzene rings is 3. The SMILES string of the molecule is CC(C)c1ccc(OC(CCN2CCN(c3ccc(F)cc3)CC2)c2ccc3c(c2)OCO3)cc1. The summed E-state index contributed by atoms with van der Waals surface area (Å²) in [7, 11) is 0. The number of anilines is 1. The molecule has 0 aromatic heterocycles. The Bertz CT molecular complexity index is 1110. The third-order valence-electron chi connectivity index (χ3n) is 6.87. The molecule has 0 N–H and O–H groups in total. The first-order valence-corrected chi connectivity index (χ1v) is 12.4. The van der Waals surface area contributed by atoms with Gasteiger partial charge in [0, 0.05) is 44.8 Å². The first-order chi connectivity index (χ1) is 17.0. The molecule has 0 aliphatic carbocycles. The number of nitrogens with zero attached hydrogens (tertiary/aromatic N) is 2. The highest BCUT2D eigenvalue weighted by Crippen LogP contribution is 2.36. The molecule has 184 valence electrons. The second-order valence-electron chi connectivity index (χ2n) is 9.54. The van der Waals surface area contributed by atoms with Crippen LogP contribution in [-0.2, 0) is 0 Å². The number of piperazine rings is 1. The molecule has 0 saturated carbocycles. The first kappa shape index (κ1) is 23.5. The van der Waals surface area contributed by atoms with Gasteiger partial charge < -0.3 is 19.1 Å². The van der Waals surface area contributed by atoms with Gasteiger partial charge in [0.1, 0.15) is 17.7 Å². The Morgan fingerprint density at radius 3 is 2.23 bits per heavy atom. The highest BCUT2D eigenvalue weighted by atomic mass is 19.1. The maximum Gasteiger partial charge on any atom is 0.231 e. The van der Waals surface area contributed by atoms with Crippen LogP contribution in [0.25, 0.3) is 0 Å². The molecule has 1 fully saturated rings. The molecule has 2 aliphatic heterocycles. The lowest BCUT2D eigenvalue weighted by Gasteiger charge is -2.36. The fourth-order valence-corrected chi connectivity index (χ4v) is 4.68. The zero-order valence-electron chi connectivity index (χ0n) is 20.5. The molecule has 0 amide bonds. The van der Waals surface area contributed by atoms with E-state index in [0.29, 0.717) is 5.92 Å². The van der Waals surface area contributed by atoms with Crippen molar-refractivity contribution in [2.75, 3.05) is 44.4 Å². The molecular weight excluding hydrogens is 443 g/mol. The van der Waals surface area contributed by atoms with Crippen LogP contribution in [0.15, 0.2) is 66.7 Å². The van der Waals surface area contributed by atoms with Gasteiger partial charge in [0.2, 0.25) is 6.79 Å². The Hall–Kier alpha value is -3.25. The summed E-state index contributed by atoms with van der Waals surface area (Å²) >= 11 is 0. The Balaban J connectivity index is 1.24. The number of hydrogen-bond acceptors (Lipinski definition) is 5. The summed E-state index contributed by atoms with van der Waals surface area (Å²) < 4.78 is 30.9. The Labute approximate surface area is 207 Å². The van der Waals surface area contributed by atoms with Gasteiger partial charge in [-0.2, -0.15) is 0 Å². The second kappa shape index (κ2) is 10.6. The molecule has 35 heavy (non-hydrogen) atoms. The van der Waals surface area contributed by atoms with Gasteiger partial charge in [-0.3, -0.25) is 4.90 Å². The Morgan fingerprint density at radius 2 is 1.51 bits per heavy atom. The summed E-state index contributed by atoms with van der Waals surface area (Å²) in [6.45, 7) is 9.38. The average Bonchev–Trinajstić information content (AvgIpc) is 3.36. The molecule has 0 bridgehead atoms. The van der Waals surface area contributed by atoms with Crippen LogP contribution in [0.3, 0.4) is 0 Å². The first-order valence-electron chi connectivity index (χ1n) is 12.4. The quantitative estimate of drug-likeness (QED) is 0.398. The summed E-state index contributed by atoms with van der Waals surface area (Å²) in [5.41, 5.74) is 3.47. The minimum absolute atomic E-state index is 0.0930. The summed E-state index contributed by atoms with van der Waals surface area (Å²) in [6.07, 6.45) is 0.770. The third kappa shape index (κ3) is 5.70. The molecule has 1 unspecified atom stereocenters. The van der Waals surface area contributed by atoms with E-state index in [1.54, 1.807) is 0 Å². The van der Waals surface area contributed by atoms with E-state index in [1.807, 2.05) is 24.3 Å². The van der Waals surface area contributed by atoms with E-state index >= 15 is 0 Å². The molecule has 2 aliphatic rings. The van der Waals surface area contributed by atoms with Crippen molar-refractivity contribution in [1.82, 2.24) is 4.90 Å². The van der Waals surface area contributed by atoms with E-state index in [4.69, 9.17) is 14.2 Å². The van der Waals surface area contributed by atoms with Crippen molar-refractivity contribution in [3.63, 3.8) is 0 Å². The molecule has 0 radical (unpaired) electrons. The van der Waals surface area contributed by atoms with Gasteiger partial charge in [-0.15, -0.1) is 0 Å². The van der Waals surface area contributed by atoms with E-state index in [1.165, 1.54) is 17.7 Å².